The van der Waals surface area contributed by atoms with Crippen LogP contribution in [0.3, 0.4) is 0 Å². The lowest BCUT2D eigenvalue weighted by Crippen LogP contribution is -2.44. The summed E-state index contributed by atoms with van der Waals surface area (Å²) in [7, 11) is 0. The molecule has 4 heteroatoms. The zero-order valence-electron chi connectivity index (χ0n) is 11.0. The van der Waals surface area contributed by atoms with Crippen molar-refractivity contribution in [3.8, 4) is 0 Å². The Kier molecular flexibility index (Phi) is 4.93. The molecule has 2 unspecified atom stereocenters. The summed E-state index contributed by atoms with van der Waals surface area (Å²) in [6, 6.07) is 9.45. The molecule has 1 aliphatic heterocycles. The Morgan fingerprint density at radius 1 is 1.32 bits per heavy atom. The third kappa shape index (κ3) is 3.55. The Labute approximate surface area is 113 Å². The summed E-state index contributed by atoms with van der Waals surface area (Å²) < 4.78 is 0. The van der Waals surface area contributed by atoms with E-state index in [1.165, 1.54) is 0 Å². The largest absolute Gasteiger partial charge is 0.481 e. The van der Waals surface area contributed by atoms with Crippen molar-refractivity contribution in [3.05, 3.63) is 35.9 Å². The SMILES string of the molecule is O=C(O)C(CN1CCCCC1CO)c1ccccc1. The van der Waals surface area contributed by atoms with Crippen LogP contribution in [-0.4, -0.2) is 46.8 Å². The molecule has 104 valence electrons. The molecule has 0 bridgehead atoms. The number of carboxylic acid groups (broad SMARTS) is 1. The van der Waals surface area contributed by atoms with Crippen LogP contribution in [-0.2, 0) is 4.79 Å². The number of carbonyl (C=O) groups is 1. The lowest BCUT2D eigenvalue weighted by Gasteiger charge is -2.36. The number of hydrogen-bond donors (Lipinski definition) is 2. The van der Waals surface area contributed by atoms with E-state index in [0.717, 1.165) is 31.4 Å². The summed E-state index contributed by atoms with van der Waals surface area (Å²) in [6.07, 6.45) is 3.15. The molecule has 1 fully saturated rings. The van der Waals surface area contributed by atoms with Gasteiger partial charge in [0, 0.05) is 12.6 Å². The van der Waals surface area contributed by atoms with Crippen LogP contribution in [0.15, 0.2) is 30.3 Å². The first-order valence-corrected chi connectivity index (χ1v) is 6.85. The van der Waals surface area contributed by atoms with E-state index in [1.807, 2.05) is 30.3 Å². The van der Waals surface area contributed by atoms with E-state index in [9.17, 15) is 15.0 Å². The molecule has 1 aromatic carbocycles. The quantitative estimate of drug-likeness (QED) is 0.849. The highest BCUT2D eigenvalue weighted by molar-refractivity contribution is 5.76. The van der Waals surface area contributed by atoms with Crippen LogP contribution in [0.4, 0.5) is 0 Å². The van der Waals surface area contributed by atoms with Gasteiger partial charge in [-0.1, -0.05) is 36.8 Å². The second-order valence-electron chi connectivity index (χ2n) is 5.13. The fourth-order valence-electron chi connectivity index (χ4n) is 2.75. The highest BCUT2D eigenvalue weighted by Crippen LogP contribution is 2.23. The molecule has 0 radical (unpaired) electrons. The van der Waals surface area contributed by atoms with Gasteiger partial charge >= 0.3 is 5.97 Å². The number of benzene rings is 1. The molecule has 1 heterocycles. The van der Waals surface area contributed by atoms with Gasteiger partial charge in [-0.2, -0.15) is 0 Å². The first kappa shape index (κ1) is 14.0. The van der Waals surface area contributed by atoms with Crippen LogP contribution >= 0.6 is 0 Å². The number of aliphatic carboxylic acids is 1. The number of piperidine rings is 1. The topological polar surface area (TPSA) is 60.8 Å². The van der Waals surface area contributed by atoms with Crippen LogP contribution in [0.1, 0.15) is 30.7 Å². The minimum absolute atomic E-state index is 0.110. The highest BCUT2D eigenvalue weighted by Gasteiger charge is 2.28. The number of carboxylic acids is 1. The Morgan fingerprint density at radius 3 is 2.68 bits per heavy atom. The number of hydrogen-bond acceptors (Lipinski definition) is 3. The Hall–Kier alpha value is -1.39. The van der Waals surface area contributed by atoms with E-state index in [0.29, 0.717) is 6.54 Å². The third-order valence-corrected chi connectivity index (χ3v) is 3.88. The van der Waals surface area contributed by atoms with E-state index in [4.69, 9.17) is 0 Å². The zero-order chi connectivity index (χ0) is 13.7. The second-order valence-corrected chi connectivity index (χ2v) is 5.13. The van der Waals surface area contributed by atoms with E-state index >= 15 is 0 Å². The van der Waals surface area contributed by atoms with Crippen LogP contribution in [0, 0.1) is 0 Å². The van der Waals surface area contributed by atoms with Gasteiger partial charge in [-0.15, -0.1) is 0 Å². The van der Waals surface area contributed by atoms with Crippen molar-refractivity contribution in [2.45, 2.75) is 31.2 Å². The molecule has 19 heavy (non-hydrogen) atoms. The molecule has 0 spiro atoms. The molecule has 0 aliphatic carbocycles. The number of aliphatic hydroxyl groups excluding tert-OH is 1. The number of nitrogens with zero attached hydrogens (tertiary/aromatic N) is 1. The maximum Gasteiger partial charge on any atom is 0.312 e. The first-order chi connectivity index (χ1) is 9.22. The lowest BCUT2D eigenvalue weighted by atomic mass is 9.95. The van der Waals surface area contributed by atoms with Gasteiger partial charge in [-0.25, -0.2) is 0 Å². The average molecular weight is 263 g/mol. The third-order valence-electron chi connectivity index (χ3n) is 3.88. The molecule has 0 saturated carbocycles. The summed E-state index contributed by atoms with van der Waals surface area (Å²) in [5, 5.41) is 18.8. The summed E-state index contributed by atoms with van der Waals surface area (Å²) in [6.45, 7) is 1.47. The van der Waals surface area contributed by atoms with Gasteiger partial charge in [0.2, 0.25) is 0 Å². The van der Waals surface area contributed by atoms with Crippen molar-refractivity contribution in [2.75, 3.05) is 19.7 Å². The molecule has 1 aromatic rings. The molecule has 1 aliphatic rings. The molecular formula is C15H21NO3. The zero-order valence-corrected chi connectivity index (χ0v) is 11.0. The minimum atomic E-state index is -0.798. The van der Waals surface area contributed by atoms with Gasteiger partial charge in [0.25, 0.3) is 0 Å². The highest BCUT2D eigenvalue weighted by atomic mass is 16.4. The van der Waals surface area contributed by atoms with Gasteiger partial charge in [0.1, 0.15) is 0 Å². The van der Waals surface area contributed by atoms with Gasteiger partial charge in [-0.05, 0) is 24.9 Å². The predicted octanol–water partition coefficient (Wildman–Crippen LogP) is 1.70. The molecule has 4 nitrogen and oxygen atoms in total. The molecule has 2 atom stereocenters. The smallest absolute Gasteiger partial charge is 0.312 e. The van der Waals surface area contributed by atoms with E-state index < -0.39 is 11.9 Å². The fraction of sp³-hybridized carbons (Fsp3) is 0.533. The van der Waals surface area contributed by atoms with E-state index in [2.05, 4.69) is 4.90 Å². The average Bonchev–Trinajstić information content (AvgIpc) is 2.45. The summed E-state index contributed by atoms with van der Waals surface area (Å²) in [4.78, 5) is 13.6. The van der Waals surface area contributed by atoms with Crippen LogP contribution in [0.5, 0.6) is 0 Å². The monoisotopic (exact) mass is 263 g/mol. The van der Waals surface area contributed by atoms with Crippen LogP contribution in [0.25, 0.3) is 0 Å². The Balaban J connectivity index is 2.10. The number of aliphatic hydroxyl groups is 1. The van der Waals surface area contributed by atoms with Crippen LogP contribution < -0.4 is 0 Å². The van der Waals surface area contributed by atoms with Crippen molar-refractivity contribution in [2.24, 2.45) is 0 Å². The van der Waals surface area contributed by atoms with Crippen molar-refractivity contribution in [1.82, 2.24) is 4.90 Å². The Bertz CT molecular complexity index is 407. The maximum atomic E-state index is 11.5. The van der Waals surface area contributed by atoms with Crippen molar-refractivity contribution in [1.29, 1.82) is 0 Å². The van der Waals surface area contributed by atoms with Gasteiger partial charge in [-0.3, -0.25) is 9.69 Å². The number of rotatable bonds is 5. The van der Waals surface area contributed by atoms with Crippen LogP contribution in [0.2, 0.25) is 0 Å². The fourth-order valence-corrected chi connectivity index (χ4v) is 2.75. The summed E-state index contributed by atoms with van der Waals surface area (Å²) in [5.74, 6) is -1.32. The molecule has 0 amide bonds. The van der Waals surface area contributed by atoms with E-state index in [1.54, 1.807) is 0 Å². The molecule has 2 rings (SSSR count). The van der Waals surface area contributed by atoms with Gasteiger partial charge in [0.05, 0.1) is 12.5 Å². The normalized spacial score (nSPS) is 22.1. The van der Waals surface area contributed by atoms with Crippen molar-refractivity contribution >= 4 is 5.97 Å². The Morgan fingerprint density at radius 2 is 2.05 bits per heavy atom. The molecular weight excluding hydrogens is 242 g/mol. The van der Waals surface area contributed by atoms with E-state index in [-0.39, 0.29) is 12.6 Å². The maximum absolute atomic E-state index is 11.5. The summed E-state index contributed by atoms with van der Waals surface area (Å²) in [5.41, 5.74) is 0.831. The predicted molar refractivity (Wildman–Crippen MR) is 73.1 cm³/mol. The minimum Gasteiger partial charge on any atom is -0.481 e. The second kappa shape index (κ2) is 6.68. The molecule has 0 aromatic heterocycles. The summed E-state index contributed by atoms with van der Waals surface area (Å²) >= 11 is 0. The molecule has 1 saturated heterocycles. The van der Waals surface area contributed by atoms with Gasteiger partial charge < -0.3 is 10.2 Å². The van der Waals surface area contributed by atoms with Crippen molar-refractivity contribution < 1.29 is 15.0 Å². The first-order valence-electron chi connectivity index (χ1n) is 6.85. The standard InChI is InChI=1S/C15H21NO3/c17-11-13-8-4-5-9-16(13)10-14(15(18)19)12-6-2-1-3-7-12/h1-3,6-7,13-14,17H,4-5,8-11H2,(H,18,19). The van der Waals surface area contributed by atoms with Crippen molar-refractivity contribution in [3.63, 3.8) is 0 Å². The number of likely N-dealkylation sites (tertiary alicyclic amines) is 1. The van der Waals surface area contributed by atoms with Gasteiger partial charge in [0.15, 0.2) is 0 Å². The molecule has 2 N–H and O–H groups in total. The lowest BCUT2D eigenvalue weighted by molar-refractivity contribution is -0.139.